The Balaban J connectivity index is 0.000000223. The van der Waals surface area contributed by atoms with Crippen molar-refractivity contribution in [1.82, 2.24) is 10.6 Å². The molecular weight excluding hydrogens is 592 g/mol. The molecule has 0 aromatic heterocycles. The number of esters is 1. The number of amides is 2. The third-order valence-corrected chi connectivity index (χ3v) is 9.22. The topological polar surface area (TPSA) is 122 Å². The number of carbonyl (C=O) groups is 4. The van der Waals surface area contributed by atoms with Crippen molar-refractivity contribution < 1.29 is 29.0 Å². The van der Waals surface area contributed by atoms with Gasteiger partial charge in [-0.15, -0.1) is 0 Å². The van der Waals surface area contributed by atoms with E-state index in [1.807, 2.05) is 54.6 Å². The molecule has 5 rings (SSSR count). The van der Waals surface area contributed by atoms with E-state index in [1.54, 1.807) is 6.92 Å². The van der Waals surface area contributed by atoms with E-state index < -0.39 is 24.0 Å². The summed E-state index contributed by atoms with van der Waals surface area (Å²) in [6.07, 6.45) is 7.58. The predicted molar refractivity (Wildman–Crippen MR) is 181 cm³/mol. The number of carboxylic acids is 1. The van der Waals surface area contributed by atoms with Gasteiger partial charge in [-0.1, -0.05) is 91.0 Å². The Morgan fingerprint density at radius 3 is 1.47 bits per heavy atom. The number of aliphatic carboxylic acids is 1. The zero-order chi connectivity index (χ0) is 33.6. The average Bonchev–Trinajstić information content (AvgIpc) is 3.75. The zero-order valence-electron chi connectivity index (χ0n) is 27.5. The molecule has 0 spiro atoms. The van der Waals surface area contributed by atoms with Gasteiger partial charge in [0, 0.05) is 11.8 Å². The summed E-state index contributed by atoms with van der Waals surface area (Å²) in [6, 6.07) is 28.8. The molecule has 6 atom stereocenters. The average molecular weight is 641 g/mol. The molecule has 2 saturated carbocycles. The van der Waals surface area contributed by atoms with E-state index in [0.717, 1.165) is 56.9 Å². The maximum Gasteiger partial charge on any atom is 0.328 e. The van der Waals surface area contributed by atoms with E-state index in [2.05, 4.69) is 47.0 Å². The minimum atomic E-state index is -0.989. The summed E-state index contributed by atoms with van der Waals surface area (Å²) < 4.78 is 5.30. The summed E-state index contributed by atoms with van der Waals surface area (Å²) >= 11 is 0. The summed E-state index contributed by atoms with van der Waals surface area (Å²) in [5.41, 5.74) is 3.56. The molecule has 3 aromatic rings. The summed E-state index contributed by atoms with van der Waals surface area (Å²) in [5.74, 6) is -0.529. The molecule has 8 nitrogen and oxygen atoms in total. The monoisotopic (exact) mass is 640 g/mol. The normalized spacial score (nSPS) is 21.4. The standard InChI is InChI=1S/C23H27NO3.C16H21NO3/c1-17(23(26)27-16-19-10-6-3-7-11-19)24-22(25)21-13-12-20(15-21)14-18-8-4-2-5-9-18;1-11(16(19)20)17-15(18)14-8-7-13(10-14)9-12-5-3-2-4-6-12/h2-11,17,20-21H,12-16H2,1H3,(H,24,25);2-6,11,13-14H,7-10H2,1H3,(H,17,18)(H,19,20)/t17-,20-,21+;11-,13-,14+/m00/s1. The number of rotatable bonds is 12. The Kier molecular flexibility index (Phi) is 13.6. The number of nitrogens with one attached hydrogen (secondary N) is 2. The van der Waals surface area contributed by atoms with Crippen LogP contribution in [-0.4, -0.2) is 40.9 Å². The van der Waals surface area contributed by atoms with Crippen molar-refractivity contribution in [2.24, 2.45) is 23.7 Å². The molecule has 3 aromatic carbocycles. The second-order valence-corrected chi connectivity index (χ2v) is 13.0. The fourth-order valence-corrected chi connectivity index (χ4v) is 6.53. The van der Waals surface area contributed by atoms with Crippen molar-refractivity contribution in [3.05, 3.63) is 108 Å². The van der Waals surface area contributed by atoms with Gasteiger partial charge in [0.1, 0.15) is 18.7 Å². The SMILES string of the molecule is C[C@H](NC(=O)[C@@H]1CC[C@@H](Cc2ccccc2)C1)C(=O)O.C[C@H](NC(=O)[C@@H]1CC[C@@H](Cc2ccccc2)C1)C(=O)OCc1ccccc1. The van der Waals surface area contributed by atoms with Crippen molar-refractivity contribution in [1.29, 1.82) is 0 Å². The van der Waals surface area contributed by atoms with Gasteiger partial charge in [-0.2, -0.15) is 0 Å². The van der Waals surface area contributed by atoms with Gasteiger partial charge >= 0.3 is 11.9 Å². The molecule has 8 heteroatoms. The Labute approximate surface area is 278 Å². The van der Waals surface area contributed by atoms with E-state index >= 15 is 0 Å². The molecule has 0 radical (unpaired) electrons. The molecule has 0 aliphatic heterocycles. The second kappa shape index (κ2) is 18.0. The molecule has 0 saturated heterocycles. The van der Waals surface area contributed by atoms with Gasteiger partial charge in [0.05, 0.1) is 0 Å². The first kappa shape index (κ1) is 35.4. The highest BCUT2D eigenvalue weighted by molar-refractivity contribution is 5.86. The van der Waals surface area contributed by atoms with Crippen LogP contribution in [0, 0.1) is 23.7 Å². The molecule has 2 aliphatic carbocycles. The highest BCUT2D eigenvalue weighted by Gasteiger charge is 2.32. The number of carboxylic acid groups (broad SMARTS) is 1. The lowest BCUT2D eigenvalue weighted by Crippen LogP contribution is -2.42. The number of carbonyl (C=O) groups excluding carboxylic acids is 3. The van der Waals surface area contributed by atoms with Crippen molar-refractivity contribution >= 4 is 23.8 Å². The number of hydrogen-bond acceptors (Lipinski definition) is 5. The van der Waals surface area contributed by atoms with Crippen molar-refractivity contribution in [3.63, 3.8) is 0 Å². The highest BCUT2D eigenvalue weighted by atomic mass is 16.5. The van der Waals surface area contributed by atoms with Crippen LogP contribution < -0.4 is 10.6 Å². The summed E-state index contributed by atoms with van der Waals surface area (Å²) in [4.78, 5) is 47.4. The van der Waals surface area contributed by atoms with E-state index in [-0.39, 0.29) is 30.3 Å². The van der Waals surface area contributed by atoms with E-state index in [4.69, 9.17) is 9.84 Å². The van der Waals surface area contributed by atoms with Crippen LogP contribution in [0.15, 0.2) is 91.0 Å². The van der Waals surface area contributed by atoms with Crippen molar-refractivity contribution in [2.75, 3.05) is 0 Å². The molecule has 0 unspecified atom stereocenters. The van der Waals surface area contributed by atoms with E-state index in [9.17, 15) is 19.2 Å². The highest BCUT2D eigenvalue weighted by Crippen LogP contribution is 2.34. The van der Waals surface area contributed by atoms with Gasteiger partial charge in [-0.3, -0.25) is 14.4 Å². The Morgan fingerprint density at radius 2 is 1.04 bits per heavy atom. The van der Waals surface area contributed by atoms with Crippen LogP contribution in [0.5, 0.6) is 0 Å². The summed E-state index contributed by atoms with van der Waals surface area (Å²) in [7, 11) is 0. The Morgan fingerprint density at radius 1 is 0.638 bits per heavy atom. The minimum Gasteiger partial charge on any atom is -0.480 e. The fourth-order valence-electron chi connectivity index (χ4n) is 6.53. The van der Waals surface area contributed by atoms with Gasteiger partial charge < -0.3 is 20.5 Å². The molecular formula is C39H48N2O6. The fraction of sp³-hybridized carbons (Fsp3) is 0.436. The van der Waals surface area contributed by atoms with E-state index in [1.165, 1.54) is 18.1 Å². The van der Waals surface area contributed by atoms with Gasteiger partial charge in [0.25, 0.3) is 0 Å². The van der Waals surface area contributed by atoms with Crippen molar-refractivity contribution in [2.45, 2.75) is 83.9 Å². The first-order valence-electron chi connectivity index (χ1n) is 16.8. The Hall–Kier alpha value is -4.46. The number of hydrogen-bond donors (Lipinski definition) is 3. The maximum atomic E-state index is 12.5. The first-order valence-corrected chi connectivity index (χ1v) is 16.8. The smallest absolute Gasteiger partial charge is 0.328 e. The lowest BCUT2D eigenvalue weighted by atomic mass is 9.96. The molecule has 2 aliphatic rings. The molecule has 2 amide bonds. The lowest BCUT2D eigenvalue weighted by Gasteiger charge is -2.17. The lowest BCUT2D eigenvalue weighted by molar-refractivity contribution is -0.149. The predicted octanol–water partition coefficient (Wildman–Crippen LogP) is 6.13. The molecule has 250 valence electrons. The van der Waals surface area contributed by atoms with Crippen LogP contribution >= 0.6 is 0 Å². The molecule has 0 bridgehead atoms. The molecule has 2 fully saturated rings. The summed E-state index contributed by atoms with van der Waals surface area (Å²) in [6.45, 7) is 3.40. The van der Waals surface area contributed by atoms with E-state index in [0.29, 0.717) is 11.8 Å². The van der Waals surface area contributed by atoms with Crippen LogP contribution in [-0.2, 0) is 43.4 Å². The third-order valence-electron chi connectivity index (χ3n) is 9.22. The Bertz CT molecular complexity index is 1430. The zero-order valence-corrected chi connectivity index (χ0v) is 27.5. The number of ether oxygens (including phenoxy) is 1. The maximum absolute atomic E-state index is 12.5. The molecule has 0 heterocycles. The van der Waals surface area contributed by atoms with Gasteiger partial charge in [0.2, 0.25) is 11.8 Å². The van der Waals surface area contributed by atoms with Crippen LogP contribution in [0.1, 0.15) is 69.1 Å². The quantitative estimate of drug-likeness (QED) is 0.205. The van der Waals surface area contributed by atoms with Crippen LogP contribution in [0.4, 0.5) is 0 Å². The molecule has 3 N–H and O–H groups in total. The van der Waals surface area contributed by atoms with Gasteiger partial charge in [0.15, 0.2) is 0 Å². The second-order valence-electron chi connectivity index (χ2n) is 13.0. The van der Waals surface area contributed by atoms with Crippen LogP contribution in [0.25, 0.3) is 0 Å². The van der Waals surface area contributed by atoms with Gasteiger partial charge in [-0.25, -0.2) is 4.79 Å². The van der Waals surface area contributed by atoms with Crippen molar-refractivity contribution in [3.8, 4) is 0 Å². The third kappa shape index (κ3) is 11.7. The first-order chi connectivity index (χ1) is 22.7. The van der Waals surface area contributed by atoms with Gasteiger partial charge in [-0.05, 0) is 93.7 Å². The molecule has 47 heavy (non-hydrogen) atoms. The van der Waals surface area contributed by atoms with Crippen LogP contribution in [0.3, 0.4) is 0 Å². The number of benzene rings is 3. The minimum absolute atomic E-state index is 0.0110. The van der Waals surface area contributed by atoms with Crippen LogP contribution in [0.2, 0.25) is 0 Å². The largest absolute Gasteiger partial charge is 0.480 e. The summed E-state index contributed by atoms with van der Waals surface area (Å²) in [5, 5.41) is 14.2.